The van der Waals surface area contributed by atoms with Crippen molar-refractivity contribution in [2.24, 2.45) is 5.73 Å². The maximum Gasteiger partial charge on any atom is 0.536 e. The minimum Gasteiger partial charge on any atom is -0.373 e. The first-order chi connectivity index (χ1) is 8.70. The fourth-order valence-corrected chi connectivity index (χ4v) is 3.20. The molecular formula is C12H24N2O3Si. The van der Waals surface area contributed by atoms with Crippen LogP contribution in [0.4, 0.5) is 0 Å². The summed E-state index contributed by atoms with van der Waals surface area (Å²) >= 11 is 0. The standard InChI is InChI=1S/C9H14O3Si.C3H10N2/c1-10-13(11-2,12-3)9-7-5-4-6-8-9;1-5-3-2-4/h4-8H,1-3H3;5H,2-4H2,1H3. The second-order valence-electron chi connectivity index (χ2n) is 3.43. The van der Waals surface area contributed by atoms with E-state index < -0.39 is 8.80 Å². The van der Waals surface area contributed by atoms with Gasteiger partial charge >= 0.3 is 8.80 Å². The maximum atomic E-state index is 5.32. The van der Waals surface area contributed by atoms with E-state index in [0.717, 1.165) is 18.3 Å². The lowest BCUT2D eigenvalue weighted by Gasteiger charge is -2.24. The van der Waals surface area contributed by atoms with Crippen LogP contribution in [0.5, 0.6) is 0 Å². The lowest BCUT2D eigenvalue weighted by Crippen LogP contribution is -2.54. The Morgan fingerprint density at radius 3 is 1.83 bits per heavy atom. The molecule has 1 aromatic rings. The topological polar surface area (TPSA) is 65.7 Å². The zero-order chi connectivity index (χ0) is 13.9. The number of hydrogen-bond acceptors (Lipinski definition) is 5. The Kier molecular flexibility index (Phi) is 9.75. The van der Waals surface area contributed by atoms with Gasteiger partial charge in [-0.15, -0.1) is 0 Å². The molecule has 0 fully saturated rings. The highest BCUT2D eigenvalue weighted by atomic mass is 28.4. The van der Waals surface area contributed by atoms with Crippen molar-refractivity contribution in [2.75, 3.05) is 41.5 Å². The fourth-order valence-electron chi connectivity index (χ4n) is 1.39. The molecule has 0 atom stereocenters. The normalized spacial score (nSPS) is 10.7. The number of rotatable bonds is 6. The summed E-state index contributed by atoms with van der Waals surface area (Å²) in [6.45, 7) is 1.65. The number of likely N-dealkylation sites (N-methyl/N-ethyl adjacent to an activating group) is 1. The van der Waals surface area contributed by atoms with E-state index in [2.05, 4.69) is 5.32 Å². The van der Waals surface area contributed by atoms with Gasteiger partial charge in [-0.05, 0) is 7.05 Å². The van der Waals surface area contributed by atoms with Crippen molar-refractivity contribution in [3.8, 4) is 0 Å². The molecule has 0 radical (unpaired) electrons. The van der Waals surface area contributed by atoms with Gasteiger partial charge in [-0.1, -0.05) is 30.3 Å². The predicted molar refractivity (Wildman–Crippen MR) is 75.8 cm³/mol. The molecule has 0 heterocycles. The van der Waals surface area contributed by atoms with E-state index in [1.54, 1.807) is 21.3 Å². The van der Waals surface area contributed by atoms with Crippen molar-refractivity contribution in [3.63, 3.8) is 0 Å². The molecule has 0 saturated carbocycles. The van der Waals surface area contributed by atoms with Crippen LogP contribution in [0.3, 0.4) is 0 Å². The van der Waals surface area contributed by atoms with Crippen LogP contribution in [-0.4, -0.2) is 50.3 Å². The summed E-state index contributed by atoms with van der Waals surface area (Å²) in [5, 5.41) is 3.87. The zero-order valence-corrected chi connectivity index (χ0v) is 12.6. The quantitative estimate of drug-likeness (QED) is 0.710. The van der Waals surface area contributed by atoms with E-state index in [4.69, 9.17) is 19.0 Å². The van der Waals surface area contributed by atoms with Crippen LogP contribution in [-0.2, 0) is 13.3 Å². The monoisotopic (exact) mass is 272 g/mol. The van der Waals surface area contributed by atoms with Gasteiger partial charge in [-0.25, -0.2) is 0 Å². The lowest BCUT2D eigenvalue weighted by atomic mass is 10.4. The highest BCUT2D eigenvalue weighted by Gasteiger charge is 2.40. The molecule has 0 aliphatic rings. The Balaban J connectivity index is 0.000000494. The van der Waals surface area contributed by atoms with Gasteiger partial charge in [0.25, 0.3) is 0 Å². The number of nitrogens with two attached hydrogens (primary N) is 1. The van der Waals surface area contributed by atoms with Crippen molar-refractivity contribution in [1.82, 2.24) is 5.32 Å². The van der Waals surface area contributed by atoms with Gasteiger partial charge in [0.1, 0.15) is 0 Å². The Labute approximate surface area is 111 Å². The van der Waals surface area contributed by atoms with Crippen molar-refractivity contribution >= 4 is 14.0 Å². The molecule has 6 heteroatoms. The van der Waals surface area contributed by atoms with Crippen LogP contribution < -0.4 is 16.2 Å². The van der Waals surface area contributed by atoms with E-state index in [-0.39, 0.29) is 0 Å². The fraction of sp³-hybridized carbons (Fsp3) is 0.500. The van der Waals surface area contributed by atoms with Gasteiger partial charge in [0, 0.05) is 39.6 Å². The summed E-state index contributed by atoms with van der Waals surface area (Å²) in [6.07, 6.45) is 0. The second-order valence-corrected chi connectivity index (χ2v) is 6.34. The van der Waals surface area contributed by atoms with Gasteiger partial charge in [0.15, 0.2) is 0 Å². The minimum atomic E-state index is -2.59. The first-order valence-corrected chi connectivity index (χ1v) is 7.48. The molecule has 5 nitrogen and oxygen atoms in total. The Bertz CT molecular complexity index is 284. The summed E-state index contributed by atoms with van der Waals surface area (Å²) in [4.78, 5) is 0. The molecule has 0 aliphatic carbocycles. The molecule has 104 valence electrons. The van der Waals surface area contributed by atoms with Gasteiger partial charge < -0.3 is 24.3 Å². The highest BCUT2D eigenvalue weighted by Crippen LogP contribution is 2.05. The third kappa shape index (κ3) is 5.26. The Morgan fingerprint density at radius 2 is 1.56 bits per heavy atom. The molecule has 3 N–H and O–H groups in total. The highest BCUT2D eigenvalue weighted by molar-refractivity contribution is 6.75. The van der Waals surface area contributed by atoms with Crippen molar-refractivity contribution in [1.29, 1.82) is 0 Å². The molecule has 0 spiro atoms. The summed E-state index contributed by atoms with van der Waals surface area (Å²) in [5.41, 5.74) is 5.08. The van der Waals surface area contributed by atoms with Gasteiger partial charge in [0.05, 0.1) is 0 Å². The van der Waals surface area contributed by atoms with Gasteiger partial charge in [0.2, 0.25) is 0 Å². The van der Waals surface area contributed by atoms with Crippen LogP contribution in [0.25, 0.3) is 0 Å². The third-order valence-corrected chi connectivity index (χ3v) is 4.98. The molecule has 0 saturated heterocycles. The molecule has 0 aliphatic heterocycles. The summed E-state index contributed by atoms with van der Waals surface area (Å²) in [5.74, 6) is 0. The number of nitrogens with one attached hydrogen (secondary N) is 1. The lowest BCUT2D eigenvalue weighted by molar-refractivity contribution is 0.140. The second kappa shape index (κ2) is 10.2. The van der Waals surface area contributed by atoms with Crippen LogP contribution >= 0.6 is 0 Å². The molecule has 0 bridgehead atoms. The molecule has 1 aromatic carbocycles. The largest absolute Gasteiger partial charge is 0.536 e. The summed E-state index contributed by atoms with van der Waals surface area (Å²) in [7, 11) is 4.10. The van der Waals surface area contributed by atoms with Crippen molar-refractivity contribution in [2.45, 2.75) is 0 Å². The number of hydrogen-bond donors (Lipinski definition) is 2. The van der Waals surface area contributed by atoms with Gasteiger partial charge in [-0.3, -0.25) is 0 Å². The maximum absolute atomic E-state index is 5.32. The average Bonchev–Trinajstić information content (AvgIpc) is 2.44. The van der Waals surface area contributed by atoms with E-state index in [0.29, 0.717) is 0 Å². The van der Waals surface area contributed by atoms with Crippen LogP contribution in [0, 0.1) is 0 Å². The van der Waals surface area contributed by atoms with Crippen LogP contribution in [0.2, 0.25) is 0 Å². The first-order valence-electron chi connectivity index (χ1n) is 5.76. The smallest absolute Gasteiger partial charge is 0.373 e. The first kappa shape index (κ1) is 17.2. The Morgan fingerprint density at radius 1 is 1.06 bits per heavy atom. The zero-order valence-electron chi connectivity index (χ0n) is 11.6. The molecular weight excluding hydrogens is 248 g/mol. The summed E-state index contributed by atoms with van der Waals surface area (Å²) in [6, 6.07) is 9.72. The van der Waals surface area contributed by atoms with E-state index in [1.807, 2.05) is 37.4 Å². The molecule has 0 unspecified atom stereocenters. The van der Waals surface area contributed by atoms with E-state index in [1.165, 1.54) is 0 Å². The van der Waals surface area contributed by atoms with Crippen molar-refractivity contribution < 1.29 is 13.3 Å². The van der Waals surface area contributed by atoms with Crippen LogP contribution in [0.15, 0.2) is 30.3 Å². The predicted octanol–water partition coefficient (Wildman–Crippen LogP) is -0.0638. The summed E-state index contributed by atoms with van der Waals surface area (Å²) < 4.78 is 16.0. The average molecular weight is 272 g/mol. The van der Waals surface area contributed by atoms with E-state index in [9.17, 15) is 0 Å². The number of benzene rings is 1. The van der Waals surface area contributed by atoms with E-state index >= 15 is 0 Å². The van der Waals surface area contributed by atoms with Crippen molar-refractivity contribution in [3.05, 3.63) is 30.3 Å². The van der Waals surface area contributed by atoms with Crippen LogP contribution in [0.1, 0.15) is 0 Å². The van der Waals surface area contributed by atoms with Gasteiger partial charge in [-0.2, -0.15) is 0 Å². The molecule has 0 aromatic heterocycles. The Hall–Kier alpha value is -0.763. The molecule has 0 amide bonds. The molecule has 18 heavy (non-hydrogen) atoms. The SMILES string of the molecule is CNCCN.CO[Si](OC)(OC)c1ccccc1. The third-order valence-electron chi connectivity index (χ3n) is 2.33. The molecule has 1 rings (SSSR count). The minimum absolute atomic E-state index is 0.733.